The fourth-order valence-corrected chi connectivity index (χ4v) is 2.79. The molecular weight excluding hydrogens is 376 g/mol. The molecule has 1 aromatic heterocycles. The van der Waals surface area contributed by atoms with Crippen LogP contribution in [0.5, 0.6) is 23.0 Å². The molecule has 0 unspecified atom stereocenters. The molecule has 0 saturated heterocycles. The van der Waals surface area contributed by atoms with Crippen molar-refractivity contribution < 1.29 is 28.3 Å². The first-order chi connectivity index (χ1) is 14.1. The highest BCUT2D eigenvalue weighted by molar-refractivity contribution is 5.93. The van der Waals surface area contributed by atoms with Crippen molar-refractivity contribution in [2.75, 3.05) is 33.8 Å². The van der Waals surface area contributed by atoms with E-state index in [-0.39, 0.29) is 12.3 Å². The Kier molecular flexibility index (Phi) is 6.23. The van der Waals surface area contributed by atoms with Gasteiger partial charge in [0.2, 0.25) is 5.91 Å². The fraction of sp³-hybridized carbons (Fsp3) is 0.238. The zero-order valence-corrected chi connectivity index (χ0v) is 16.6. The lowest BCUT2D eigenvalue weighted by atomic mass is 10.1. The summed E-state index contributed by atoms with van der Waals surface area (Å²) in [6.07, 6.45) is 0.0388. The summed E-state index contributed by atoms with van der Waals surface area (Å²) in [7, 11) is 6.22. The Balaban J connectivity index is 1.73. The second-order valence-electron chi connectivity index (χ2n) is 6.04. The summed E-state index contributed by atoms with van der Waals surface area (Å²) in [5, 5.41) is 6.79. The first-order valence-corrected chi connectivity index (χ1v) is 8.77. The first-order valence-electron chi connectivity index (χ1n) is 8.77. The van der Waals surface area contributed by atoms with Crippen LogP contribution in [0.4, 0.5) is 5.69 Å². The predicted octanol–water partition coefficient (Wildman–Crippen LogP) is 3.56. The number of nitrogens with one attached hydrogen (secondary N) is 1. The van der Waals surface area contributed by atoms with Crippen LogP contribution in [0.2, 0.25) is 0 Å². The van der Waals surface area contributed by atoms with E-state index in [2.05, 4.69) is 10.5 Å². The highest BCUT2D eigenvalue weighted by Gasteiger charge is 2.15. The molecule has 0 aliphatic carbocycles. The summed E-state index contributed by atoms with van der Waals surface area (Å²) in [6.45, 7) is 0. The maximum Gasteiger partial charge on any atom is 0.230 e. The van der Waals surface area contributed by atoms with Gasteiger partial charge >= 0.3 is 0 Å². The molecule has 0 aliphatic heterocycles. The highest BCUT2D eigenvalue weighted by Crippen LogP contribution is 2.33. The third kappa shape index (κ3) is 4.60. The Bertz CT molecular complexity index is 999. The number of methoxy groups -OCH3 is 4. The van der Waals surface area contributed by atoms with Crippen LogP contribution >= 0.6 is 0 Å². The summed E-state index contributed by atoms with van der Waals surface area (Å²) in [5.74, 6) is 2.59. The third-order valence-corrected chi connectivity index (χ3v) is 4.25. The minimum atomic E-state index is -0.260. The van der Waals surface area contributed by atoms with Crippen LogP contribution in [0.25, 0.3) is 11.3 Å². The fourth-order valence-electron chi connectivity index (χ4n) is 2.79. The Morgan fingerprint density at radius 3 is 2.31 bits per heavy atom. The molecule has 3 aromatic rings. The van der Waals surface area contributed by atoms with E-state index in [1.54, 1.807) is 57.7 Å². The summed E-state index contributed by atoms with van der Waals surface area (Å²) in [4.78, 5) is 12.5. The van der Waals surface area contributed by atoms with Gasteiger partial charge in [-0.2, -0.15) is 0 Å². The molecule has 0 radical (unpaired) electrons. The quantitative estimate of drug-likeness (QED) is 0.620. The van der Waals surface area contributed by atoms with E-state index in [9.17, 15) is 4.79 Å². The van der Waals surface area contributed by atoms with Gasteiger partial charge < -0.3 is 28.8 Å². The van der Waals surface area contributed by atoms with Gasteiger partial charge in [-0.3, -0.25) is 4.79 Å². The average Bonchev–Trinajstić information content (AvgIpc) is 3.21. The Labute approximate surface area is 168 Å². The summed E-state index contributed by atoms with van der Waals surface area (Å²) >= 11 is 0. The van der Waals surface area contributed by atoms with Crippen molar-refractivity contribution in [3.8, 4) is 34.3 Å². The van der Waals surface area contributed by atoms with Crippen LogP contribution in [-0.4, -0.2) is 39.5 Å². The lowest BCUT2D eigenvalue weighted by Gasteiger charge is -2.11. The van der Waals surface area contributed by atoms with Crippen LogP contribution in [0, 0.1) is 0 Å². The SMILES string of the molecule is COc1ccc(OC)c(NC(=O)Cc2cc(-c3ccc(OC)c(OC)c3)on2)c1. The number of carbonyl (C=O) groups is 1. The molecule has 152 valence electrons. The van der Waals surface area contributed by atoms with Gasteiger partial charge in [0.05, 0.1) is 46.2 Å². The molecule has 0 fully saturated rings. The maximum absolute atomic E-state index is 12.5. The Morgan fingerprint density at radius 2 is 1.62 bits per heavy atom. The maximum atomic E-state index is 12.5. The minimum absolute atomic E-state index is 0.0388. The van der Waals surface area contributed by atoms with E-state index in [1.165, 1.54) is 7.11 Å². The Hall–Kier alpha value is -3.68. The molecule has 0 saturated carbocycles. The molecule has 29 heavy (non-hydrogen) atoms. The van der Waals surface area contributed by atoms with Crippen molar-refractivity contribution in [1.29, 1.82) is 0 Å². The van der Waals surface area contributed by atoms with E-state index >= 15 is 0 Å². The molecule has 0 bridgehead atoms. The second-order valence-corrected chi connectivity index (χ2v) is 6.04. The number of ether oxygens (including phenoxy) is 4. The molecule has 1 N–H and O–H groups in total. The van der Waals surface area contributed by atoms with Gasteiger partial charge in [0.1, 0.15) is 11.5 Å². The van der Waals surface area contributed by atoms with Gasteiger partial charge in [-0.1, -0.05) is 5.16 Å². The number of hydrogen-bond donors (Lipinski definition) is 1. The van der Waals surface area contributed by atoms with E-state index in [4.69, 9.17) is 23.5 Å². The molecule has 1 amide bonds. The van der Waals surface area contributed by atoms with Crippen LogP contribution in [-0.2, 0) is 11.2 Å². The molecule has 1 heterocycles. The summed E-state index contributed by atoms with van der Waals surface area (Å²) in [6, 6.07) is 12.3. The van der Waals surface area contributed by atoms with Crippen molar-refractivity contribution in [2.45, 2.75) is 6.42 Å². The van der Waals surface area contributed by atoms with Crippen LogP contribution in [0.3, 0.4) is 0 Å². The highest BCUT2D eigenvalue weighted by atomic mass is 16.5. The molecule has 8 nitrogen and oxygen atoms in total. The monoisotopic (exact) mass is 398 g/mol. The number of anilines is 1. The topological polar surface area (TPSA) is 92.1 Å². The van der Waals surface area contributed by atoms with Crippen molar-refractivity contribution >= 4 is 11.6 Å². The first kappa shape index (κ1) is 20.1. The molecule has 0 spiro atoms. The van der Waals surface area contributed by atoms with Gasteiger partial charge in [-0.25, -0.2) is 0 Å². The average molecular weight is 398 g/mol. The Morgan fingerprint density at radius 1 is 0.897 bits per heavy atom. The third-order valence-electron chi connectivity index (χ3n) is 4.25. The van der Waals surface area contributed by atoms with Crippen LogP contribution < -0.4 is 24.3 Å². The standard InChI is InChI=1S/C21H22N2O6/c1-25-15-6-8-17(26-2)16(12-15)22-21(24)11-14-10-19(29-23-14)13-5-7-18(27-3)20(9-13)28-4/h5-10,12H,11H2,1-4H3,(H,22,24). The predicted molar refractivity (Wildman–Crippen MR) is 107 cm³/mol. The molecule has 0 aliphatic rings. The number of amides is 1. The number of carbonyl (C=O) groups excluding carboxylic acids is 1. The molecule has 2 aromatic carbocycles. The van der Waals surface area contributed by atoms with Gasteiger partial charge in [0.15, 0.2) is 17.3 Å². The van der Waals surface area contributed by atoms with Crippen LogP contribution in [0.1, 0.15) is 5.69 Å². The van der Waals surface area contributed by atoms with E-state index in [0.717, 1.165) is 5.56 Å². The van der Waals surface area contributed by atoms with Crippen molar-refractivity contribution in [1.82, 2.24) is 5.16 Å². The van der Waals surface area contributed by atoms with E-state index < -0.39 is 0 Å². The molecule has 0 atom stereocenters. The molecular formula is C21H22N2O6. The number of aromatic nitrogens is 1. The van der Waals surface area contributed by atoms with Gasteiger partial charge in [0, 0.05) is 17.7 Å². The number of nitrogens with zero attached hydrogens (tertiary/aromatic N) is 1. The van der Waals surface area contributed by atoms with Crippen molar-refractivity contribution in [2.24, 2.45) is 0 Å². The van der Waals surface area contributed by atoms with Crippen LogP contribution in [0.15, 0.2) is 47.0 Å². The summed E-state index contributed by atoms with van der Waals surface area (Å²) in [5.41, 5.74) is 1.77. The zero-order valence-electron chi connectivity index (χ0n) is 16.6. The number of rotatable bonds is 8. The second kappa shape index (κ2) is 9.01. The van der Waals surface area contributed by atoms with Gasteiger partial charge in [0.25, 0.3) is 0 Å². The molecule has 8 heteroatoms. The number of benzene rings is 2. The smallest absolute Gasteiger partial charge is 0.230 e. The molecule has 3 rings (SSSR count). The summed E-state index contributed by atoms with van der Waals surface area (Å²) < 4.78 is 26.4. The van der Waals surface area contributed by atoms with Gasteiger partial charge in [-0.05, 0) is 30.3 Å². The van der Waals surface area contributed by atoms with Gasteiger partial charge in [-0.15, -0.1) is 0 Å². The minimum Gasteiger partial charge on any atom is -0.497 e. The number of hydrogen-bond acceptors (Lipinski definition) is 7. The van der Waals surface area contributed by atoms with E-state index in [1.807, 2.05) is 6.07 Å². The lowest BCUT2D eigenvalue weighted by molar-refractivity contribution is -0.115. The van der Waals surface area contributed by atoms with Crippen molar-refractivity contribution in [3.63, 3.8) is 0 Å². The normalized spacial score (nSPS) is 10.3. The zero-order chi connectivity index (χ0) is 20.8. The largest absolute Gasteiger partial charge is 0.497 e. The lowest BCUT2D eigenvalue weighted by Crippen LogP contribution is -2.15. The van der Waals surface area contributed by atoms with E-state index in [0.29, 0.717) is 40.1 Å². The van der Waals surface area contributed by atoms with Crippen molar-refractivity contribution in [3.05, 3.63) is 48.2 Å².